The fourth-order valence-corrected chi connectivity index (χ4v) is 4.05. The molecule has 1 aromatic heterocycles. The summed E-state index contributed by atoms with van der Waals surface area (Å²) >= 11 is 6.15. The molecule has 1 aromatic carbocycles. The Balaban J connectivity index is 1.88. The average molecular weight is 492 g/mol. The van der Waals surface area contributed by atoms with Gasteiger partial charge in [0.25, 0.3) is 11.2 Å². The zero-order valence-electron chi connectivity index (χ0n) is 16.9. The number of aromatic nitrogens is 2. The molecule has 2 aromatic rings. The molecule has 176 valence electrons. The van der Waals surface area contributed by atoms with Crippen molar-refractivity contribution in [2.24, 2.45) is 12.2 Å². The first-order valence-electron chi connectivity index (χ1n) is 9.28. The van der Waals surface area contributed by atoms with Gasteiger partial charge in [0.05, 0.1) is 24.4 Å². The van der Waals surface area contributed by atoms with Crippen LogP contribution in [0, 0.1) is 5.82 Å². The first-order chi connectivity index (χ1) is 15.4. The number of halogens is 5. The predicted octanol–water partition coefficient (Wildman–Crippen LogP) is 1.78. The second kappa shape index (κ2) is 7.70. The van der Waals surface area contributed by atoms with E-state index < -0.39 is 52.3 Å². The number of carbonyl (C=O) groups excluding carboxylic acids is 1. The van der Waals surface area contributed by atoms with E-state index in [1.165, 1.54) is 0 Å². The summed E-state index contributed by atoms with van der Waals surface area (Å²) in [6, 6.07) is 1.88. The summed E-state index contributed by atoms with van der Waals surface area (Å²) in [6.45, 7) is 0.101. The number of nitrogens with zero attached hydrogens (tertiary/aromatic N) is 3. The molecule has 9 nitrogen and oxygen atoms in total. The van der Waals surface area contributed by atoms with Crippen molar-refractivity contribution in [1.82, 2.24) is 9.13 Å². The summed E-state index contributed by atoms with van der Waals surface area (Å²) in [5.74, 6) is -1.93. The number of benzene rings is 1. The first-order valence-corrected chi connectivity index (χ1v) is 9.66. The van der Waals surface area contributed by atoms with E-state index in [1.54, 1.807) is 0 Å². The van der Waals surface area contributed by atoms with Crippen LogP contribution in [0.2, 0.25) is 5.02 Å². The van der Waals surface area contributed by atoms with E-state index in [4.69, 9.17) is 25.9 Å². The lowest BCUT2D eigenvalue weighted by Crippen LogP contribution is -2.48. The monoisotopic (exact) mass is 491 g/mol. The molecule has 3 heterocycles. The number of esters is 1. The summed E-state index contributed by atoms with van der Waals surface area (Å²) in [6.07, 6.45) is -5.97. The van der Waals surface area contributed by atoms with Crippen molar-refractivity contribution in [2.45, 2.75) is 24.3 Å². The van der Waals surface area contributed by atoms with Gasteiger partial charge in [-0.15, -0.1) is 0 Å². The molecule has 2 aliphatic heterocycles. The SMILES string of the molecule is COC(=O)C12CCOC1C(c1cc(-n3c(=O)cc(C(F)(F)F)n(C)c3=O)c(F)cc1Cl)=NO2. The molecule has 0 N–H and O–H groups in total. The molecule has 2 atom stereocenters. The molecule has 1 fully saturated rings. The van der Waals surface area contributed by atoms with Crippen molar-refractivity contribution < 1.29 is 36.7 Å². The van der Waals surface area contributed by atoms with Gasteiger partial charge in [0.15, 0.2) is 6.10 Å². The average Bonchev–Trinajstić information content (AvgIpc) is 3.31. The molecule has 0 radical (unpaired) electrons. The van der Waals surface area contributed by atoms with Crippen LogP contribution >= 0.6 is 11.6 Å². The summed E-state index contributed by atoms with van der Waals surface area (Å²) in [4.78, 5) is 42.6. The van der Waals surface area contributed by atoms with Gasteiger partial charge in [0, 0.05) is 25.1 Å². The van der Waals surface area contributed by atoms with Crippen molar-refractivity contribution in [2.75, 3.05) is 13.7 Å². The third-order valence-corrected chi connectivity index (χ3v) is 5.74. The van der Waals surface area contributed by atoms with Gasteiger partial charge < -0.3 is 14.3 Å². The summed E-state index contributed by atoms with van der Waals surface area (Å²) < 4.78 is 64.8. The minimum absolute atomic E-state index is 0.0408. The maximum absolute atomic E-state index is 14.8. The topological polar surface area (TPSA) is 101 Å². The van der Waals surface area contributed by atoms with Crippen LogP contribution < -0.4 is 11.2 Å². The Bertz CT molecular complexity index is 1320. The molecule has 0 spiro atoms. The number of hydrogen-bond donors (Lipinski definition) is 0. The minimum atomic E-state index is -4.98. The van der Waals surface area contributed by atoms with Gasteiger partial charge in [-0.2, -0.15) is 13.2 Å². The van der Waals surface area contributed by atoms with Crippen molar-refractivity contribution in [1.29, 1.82) is 0 Å². The summed E-state index contributed by atoms with van der Waals surface area (Å²) in [5, 5.41) is 3.60. The third-order valence-electron chi connectivity index (χ3n) is 5.43. The maximum Gasteiger partial charge on any atom is 0.431 e. The van der Waals surface area contributed by atoms with Crippen LogP contribution in [0.4, 0.5) is 17.6 Å². The minimum Gasteiger partial charge on any atom is -0.466 e. The van der Waals surface area contributed by atoms with Gasteiger partial charge in [-0.1, -0.05) is 16.8 Å². The third kappa shape index (κ3) is 3.42. The predicted molar refractivity (Wildman–Crippen MR) is 104 cm³/mol. The molecule has 0 amide bonds. The van der Waals surface area contributed by atoms with Gasteiger partial charge in [0.2, 0.25) is 0 Å². The lowest BCUT2D eigenvalue weighted by Gasteiger charge is -2.22. The van der Waals surface area contributed by atoms with E-state index in [2.05, 4.69) is 5.16 Å². The van der Waals surface area contributed by atoms with Crippen molar-refractivity contribution >= 4 is 23.3 Å². The lowest BCUT2D eigenvalue weighted by molar-refractivity contribution is -0.169. The smallest absolute Gasteiger partial charge is 0.431 e. The molecule has 0 bridgehead atoms. The summed E-state index contributed by atoms with van der Waals surface area (Å²) in [5.41, 5.74) is -6.72. The number of methoxy groups -OCH3 is 1. The largest absolute Gasteiger partial charge is 0.466 e. The standard InChI is InChI=1S/C19H14ClF4N3O6/c1-26-12(19(22,23)24)7-13(28)27(17(26)30)11-5-8(9(20)6-10(11)21)14-15-18(33-25-14,3-4-32-15)16(29)31-2/h5-7,15H,3-4H2,1-2H3. The van der Waals surface area contributed by atoms with Crippen LogP contribution in [0.5, 0.6) is 0 Å². The van der Waals surface area contributed by atoms with Gasteiger partial charge in [-0.05, 0) is 12.1 Å². The van der Waals surface area contributed by atoms with E-state index in [-0.39, 0.29) is 44.5 Å². The van der Waals surface area contributed by atoms with E-state index in [9.17, 15) is 31.9 Å². The highest BCUT2D eigenvalue weighted by atomic mass is 35.5. The zero-order valence-corrected chi connectivity index (χ0v) is 17.7. The molecule has 2 aliphatic rings. The highest BCUT2D eigenvalue weighted by Crippen LogP contribution is 2.40. The van der Waals surface area contributed by atoms with Gasteiger partial charge in [-0.25, -0.2) is 18.5 Å². The van der Waals surface area contributed by atoms with Crippen molar-refractivity contribution in [3.63, 3.8) is 0 Å². The van der Waals surface area contributed by atoms with Gasteiger partial charge in [-0.3, -0.25) is 9.36 Å². The number of fused-ring (bicyclic) bond motifs is 1. The number of hydrogen-bond acceptors (Lipinski definition) is 7. The second-order valence-corrected chi connectivity index (χ2v) is 7.68. The Labute approximate surface area is 186 Å². The Morgan fingerprint density at radius 2 is 2.00 bits per heavy atom. The van der Waals surface area contributed by atoms with E-state index >= 15 is 0 Å². The fourth-order valence-electron chi connectivity index (χ4n) is 3.80. The second-order valence-electron chi connectivity index (χ2n) is 7.28. The van der Waals surface area contributed by atoms with Crippen LogP contribution in [0.3, 0.4) is 0 Å². The highest BCUT2D eigenvalue weighted by Gasteiger charge is 2.61. The molecule has 14 heteroatoms. The first kappa shape index (κ1) is 23.0. The van der Waals surface area contributed by atoms with Crippen molar-refractivity contribution in [3.05, 3.63) is 61.1 Å². The van der Waals surface area contributed by atoms with E-state index in [1.807, 2.05) is 0 Å². The zero-order chi connectivity index (χ0) is 24.3. The Morgan fingerprint density at radius 3 is 2.64 bits per heavy atom. The van der Waals surface area contributed by atoms with Crippen molar-refractivity contribution in [3.8, 4) is 5.69 Å². The molecule has 1 saturated heterocycles. The fraction of sp³-hybridized carbons (Fsp3) is 0.368. The van der Waals surface area contributed by atoms with E-state index in [0.717, 1.165) is 26.3 Å². The number of carbonyl (C=O) groups is 1. The van der Waals surface area contributed by atoms with Crippen LogP contribution in [-0.2, 0) is 32.3 Å². The molecule has 0 aliphatic carbocycles. The molecular formula is C19H14ClF4N3O6. The molecule has 2 unspecified atom stereocenters. The maximum atomic E-state index is 14.8. The Hall–Kier alpha value is -3.19. The molecular weight excluding hydrogens is 478 g/mol. The van der Waals surface area contributed by atoms with Gasteiger partial charge >= 0.3 is 17.8 Å². The van der Waals surface area contributed by atoms with Crippen LogP contribution in [0.25, 0.3) is 5.69 Å². The number of ether oxygens (including phenoxy) is 2. The van der Waals surface area contributed by atoms with Crippen LogP contribution in [-0.4, -0.2) is 46.2 Å². The van der Waals surface area contributed by atoms with Crippen LogP contribution in [0.15, 0.2) is 32.9 Å². The molecule has 0 saturated carbocycles. The quantitative estimate of drug-likeness (QED) is 0.479. The Kier molecular flexibility index (Phi) is 5.36. The van der Waals surface area contributed by atoms with Gasteiger partial charge in [0.1, 0.15) is 17.2 Å². The number of rotatable bonds is 3. The molecule has 33 heavy (non-hydrogen) atoms. The number of oxime groups is 1. The Morgan fingerprint density at radius 1 is 1.30 bits per heavy atom. The highest BCUT2D eigenvalue weighted by molar-refractivity contribution is 6.35. The van der Waals surface area contributed by atoms with E-state index in [0.29, 0.717) is 0 Å². The van der Waals surface area contributed by atoms with Crippen LogP contribution in [0.1, 0.15) is 17.7 Å². The normalized spacial score (nSPS) is 22.0. The summed E-state index contributed by atoms with van der Waals surface area (Å²) in [7, 11) is 1.94. The molecule has 4 rings (SSSR count). The number of alkyl halides is 3. The lowest BCUT2D eigenvalue weighted by atomic mass is 9.90.